The van der Waals surface area contributed by atoms with Crippen LogP contribution in [0.1, 0.15) is 16.8 Å². The zero-order valence-corrected chi connectivity index (χ0v) is 19.0. The molecule has 0 radical (unpaired) electrons. The summed E-state index contributed by atoms with van der Waals surface area (Å²) in [6, 6.07) is 14.7. The minimum absolute atomic E-state index is 0.0262. The van der Waals surface area contributed by atoms with Gasteiger partial charge in [-0.1, -0.05) is 29.4 Å². The van der Waals surface area contributed by atoms with E-state index in [1.165, 1.54) is 19.2 Å². The maximum Gasteiger partial charge on any atom is 0.319 e. The average molecular weight is 477 g/mol. The highest BCUT2D eigenvalue weighted by molar-refractivity contribution is 5.95. The third-order valence-electron chi connectivity index (χ3n) is 5.25. The lowest BCUT2D eigenvalue weighted by Gasteiger charge is -2.14. The van der Waals surface area contributed by atoms with Gasteiger partial charge in [0.05, 0.1) is 17.8 Å². The highest BCUT2D eigenvalue weighted by Gasteiger charge is 2.23. The molecule has 2 heterocycles. The molecular weight excluding hydrogens is 453 g/mol. The molecule has 1 unspecified atom stereocenters. The van der Waals surface area contributed by atoms with Gasteiger partial charge >= 0.3 is 6.03 Å². The fourth-order valence-electron chi connectivity index (χ4n) is 3.49. The Morgan fingerprint density at radius 2 is 1.94 bits per heavy atom. The topological polar surface area (TPSA) is 114 Å². The quantitative estimate of drug-likeness (QED) is 0.459. The van der Waals surface area contributed by atoms with Crippen LogP contribution < -0.4 is 20.7 Å². The van der Waals surface area contributed by atoms with Gasteiger partial charge in [-0.05, 0) is 35.9 Å². The molecule has 35 heavy (non-hydrogen) atoms. The third kappa shape index (κ3) is 6.11. The minimum Gasteiger partial charge on any atom is -0.489 e. The van der Waals surface area contributed by atoms with E-state index in [4.69, 9.17) is 9.57 Å². The number of carbonyl (C=O) groups excluding carboxylic acids is 2. The van der Waals surface area contributed by atoms with E-state index < -0.39 is 11.7 Å². The molecule has 3 N–H and O–H groups in total. The standard InChI is InChI=1S/C25H24FN5O4/c1-27-24(32)21-7-6-16(12-22(21)26)20-4-2-3-5-23(20)34-15-19-13-18(31-35-19)14-29-25(33)30-17-8-10-28-11-9-17/h2-12,19H,13-15H2,1H3,(H,27,32)(H2,28,29,30,33). The molecule has 3 aromatic rings. The van der Waals surface area contributed by atoms with Crippen LogP contribution in [-0.2, 0) is 4.84 Å². The van der Waals surface area contributed by atoms with E-state index >= 15 is 0 Å². The molecular formula is C25H24FN5O4. The van der Waals surface area contributed by atoms with Gasteiger partial charge < -0.3 is 25.5 Å². The Kier molecular flexibility index (Phi) is 7.51. The molecule has 3 amide bonds. The number of nitrogens with zero attached hydrogens (tertiary/aromatic N) is 2. The number of ether oxygens (including phenoxy) is 1. The normalized spacial score (nSPS) is 14.5. The molecule has 1 aliphatic heterocycles. The van der Waals surface area contributed by atoms with Crippen molar-refractivity contribution in [1.82, 2.24) is 15.6 Å². The van der Waals surface area contributed by atoms with Gasteiger partial charge in [-0.25, -0.2) is 9.18 Å². The predicted molar refractivity (Wildman–Crippen MR) is 129 cm³/mol. The smallest absolute Gasteiger partial charge is 0.319 e. The van der Waals surface area contributed by atoms with Crippen LogP contribution in [0, 0.1) is 5.82 Å². The Morgan fingerprint density at radius 1 is 1.14 bits per heavy atom. The Balaban J connectivity index is 1.30. The van der Waals surface area contributed by atoms with Crippen molar-refractivity contribution in [2.75, 3.05) is 25.5 Å². The van der Waals surface area contributed by atoms with Crippen LogP contribution in [0.2, 0.25) is 0 Å². The van der Waals surface area contributed by atoms with E-state index in [1.807, 2.05) is 18.2 Å². The Morgan fingerprint density at radius 3 is 2.71 bits per heavy atom. The maximum absolute atomic E-state index is 14.5. The molecule has 10 heteroatoms. The van der Waals surface area contributed by atoms with Crippen LogP contribution >= 0.6 is 0 Å². The fourth-order valence-corrected chi connectivity index (χ4v) is 3.49. The molecule has 0 bridgehead atoms. The number of para-hydroxylation sites is 1. The van der Waals surface area contributed by atoms with E-state index in [9.17, 15) is 14.0 Å². The van der Waals surface area contributed by atoms with Gasteiger partial charge in [0.25, 0.3) is 5.91 Å². The van der Waals surface area contributed by atoms with Gasteiger partial charge in [0.15, 0.2) is 6.10 Å². The predicted octanol–water partition coefficient (Wildman–Crippen LogP) is 3.59. The number of aromatic nitrogens is 1. The molecule has 180 valence electrons. The molecule has 0 saturated carbocycles. The monoisotopic (exact) mass is 477 g/mol. The van der Waals surface area contributed by atoms with E-state index in [0.717, 1.165) is 0 Å². The molecule has 4 rings (SSSR count). The zero-order valence-electron chi connectivity index (χ0n) is 19.0. The number of urea groups is 1. The summed E-state index contributed by atoms with van der Waals surface area (Å²) in [5.74, 6) is -0.558. The van der Waals surface area contributed by atoms with Crippen molar-refractivity contribution in [3.8, 4) is 16.9 Å². The summed E-state index contributed by atoms with van der Waals surface area (Å²) in [7, 11) is 1.45. The molecule has 1 atom stereocenters. The summed E-state index contributed by atoms with van der Waals surface area (Å²) in [6.45, 7) is 0.451. The van der Waals surface area contributed by atoms with Crippen LogP contribution in [0.5, 0.6) is 5.75 Å². The average Bonchev–Trinajstić information content (AvgIpc) is 3.34. The van der Waals surface area contributed by atoms with E-state index in [0.29, 0.717) is 34.7 Å². The second-order valence-corrected chi connectivity index (χ2v) is 7.71. The molecule has 9 nitrogen and oxygen atoms in total. The van der Waals surface area contributed by atoms with Crippen molar-refractivity contribution in [2.24, 2.45) is 5.16 Å². The van der Waals surface area contributed by atoms with Gasteiger partial charge in [-0.15, -0.1) is 0 Å². The second-order valence-electron chi connectivity index (χ2n) is 7.71. The van der Waals surface area contributed by atoms with Crippen molar-refractivity contribution in [2.45, 2.75) is 12.5 Å². The van der Waals surface area contributed by atoms with Gasteiger partial charge in [0, 0.05) is 37.1 Å². The van der Waals surface area contributed by atoms with Crippen molar-refractivity contribution >= 4 is 23.3 Å². The Bertz CT molecular complexity index is 1240. The fraction of sp³-hybridized carbons (Fsp3) is 0.200. The summed E-state index contributed by atoms with van der Waals surface area (Å²) in [5.41, 5.74) is 2.56. The lowest BCUT2D eigenvalue weighted by molar-refractivity contribution is 0.0472. The molecule has 1 aliphatic rings. The number of hydrogen-bond donors (Lipinski definition) is 3. The number of hydrogen-bond acceptors (Lipinski definition) is 6. The minimum atomic E-state index is -0.616. The van der Waals surface area contributed by atoms with Crippen LogP contribution in [0.25, 0.3) is 11.1 Å². The second kappa shape index (κ2) is 11.1. The van der Waals surface area contributed by atoms with Crippen LogP contribution in [0.4, 0.5) is 14.9 Å². The van der Waals surface area contributed by atoms with Crippen molar-refractivity contribution in [3.63, 3.8) is 0 Å². The number of carbonyl (C=O) groups is 2. The van der Waals surface area contributed by atoms with Crippen molar-refractivity contribution < 1.29 is 23.6 Å². The molecule has 0 saturated heterocycles. The first-order chi connectivity index (χ1) is 17.0. The number of nitrogens with one attached hydrogen (secondary N) is 3. The summed E-state index contributed by atoms with van der Waals surface area (Å²) in [5, 5.41) is 11.9. The van der Waals surface area contributed by atoms with Gasteiger partial charge in [0.1, 0.15) is 18.2 Å². The van der Waals surface area contributed by atoms with E-state index in [1.54, 1.807) is 36.7 Å². The lowest BCUT2D eigenvalue weighted by Crippen LogP contribution is -2.33. The molecule has 0 aliphatic carbocycles. The zero-order chi connectivity index (χ0) is 24.6. The van der Waals surface area contributed by atoms with Gasteiger partial charge in [-0.2, -0.15) is 0 Å². The Hall–Kier alpha value is -4.47. The first kappa shape index (κ1) is 23.7. The summed E-state index contributed by atoms with van der Waals surface area (Å²) >= 11 is 0. The summed E-state index contributed by atoms with van der Waals surface area (Å²) in [6.07, 6.45) is 3.34. The molecule has 1 aromatic heterocycles. The number of rotatable bonds is 8. The van der Waals surface area contributed by atoms with Crippen molar-refractivity contribution in [3.05, 3.63) is 78.4 Å². The number of amides is 3. The van der Waals surface area contributed by atoms with Crippen LogP contribution in [0.15, 0.2) is 72.1 Å². The number of benzene rings is 2. The Labute approximate surface area is 201 Å². The molecule has 0 fully saturated rings. The third-order valence-corrected chi connectivity index (χ3v) is 5.25. The number of halogens is 1. The number of anilines is 1. The van der Waals surface area contributed by atoms with Crippen molar-refractivity contribution in [1.29, 1.82) is 0 Å². The van der Waals surface area contributed by atoms with E-state index in [2.05, 4.69) is 26.1 Å². The SMILES string of the molecule is CNC(=O)c1ccc(-c2ccccc2OCC2CC(CNC(=O)Nc3ccncc3)=NO2)cc1F. The van der Waals surface area contributed by atoms with Crippen LogP contribution in [-0.4, -0.2) is 48.9 Å². The van der Waals surface area contributed by atoms with Gasteiger partial charge in [-0.3, -0.25) is 9.78 Å². The number of oxime groups is 1. The van der Waals surface area contributed by atoms with E-state index in [-0.39, 0.29) is 30.9 Å². The molecule has 2 aromatic carbocycles. The largest absolute Gasteiger partial charge is 0.489 e. The highest BCUT2D eigenvalue weighted by Crippen LogP contribution is 2.31. The summed E-state index contributed by atoms with van der Waals surface area (Å²) in [4.78, 5) is 33.1. The van der Waals surface area contributed by atoms with Gasteiger partial charge in [0.2, 0.25) is 0 Å². The highest BCUT2D eigenvalue weighted by atomic mass is 19.1. The van der Waals surface area contributed by atoms with Crippen LogP contribution in [0.3, 0.4) is 0 Å². The maximum atomic E-state index is 14.5. The first-order valence-corrected chi connectivity index (χ1v) is 10.9. The summed E-state index contributed by atoms with van der Waals surface area (Å²) < 4.78 is 20.4. The first-order valence-electron chi connectivity index (χ1n) is 10.9. The lowest BCUT2D eigenvalue weighted by atomic mass is 10.0. The molecule has 0 spiro atoms. The number of pyridine rings is 1.